The minimum atomic E-state index is -2.94. The van der Waals surface area contributed by atoms with Crippen LogP contribution in [0.1, 0.15) is 0 Å². The van der Waals surface area contributed by atoms with Crippen molar-refractivity contribution < 1.29 is 0 Å². The molecule has 0 spiro atoms. The van der Waals surface area contributed by atoms with E-state index >= 15 is 0 Å². The molecule has 0 atom stereocenters. The summed E-state index contributed by atoms with van der Waals surface area (Å²) in [5, 5.41) is 9.82. The molecule has 0 aliphatic heterocycles. The highest BCUT2D eigenvalue weighted by atomic mass is 28.3. The summed E-state index contributed by atoms with van der Waals surface area (Å²) in [6, 6.07) is 85.0. The van der Waals surface area contributed by atoms with Crippen LogP contribution in [-0.2, 0) is 0 Å². The van der Waals surface area contributed by atoms with Gasteiger partial charge in [-0.2, -0.15) is 15.0 Å². The first-order valence-corrected chi connectivity index (χ1v) is 23.4. The van der Waals surface area contributed by atoms with Crippen molar-refractivity contribution in [2.24, 2.45) is 0 Å². The Hall–Kier alpha value is -8.19. The van der Waals surface area contributed by atoms with Gasteiger partial charge in [0.15, 0.2) is 13.9 Å². The van der Waals surface area contributed by atoms with Crippen LogP contribution in [-0.4, -0.2) is 32.2 Å². The molecule has 0 amide bonds. The number of para-hydroxylation sites is 4. The van der Waals surface area contributed by atoms with Gasteiger partial charge >= 0.3 is 0 Å². The van der Waals surface area contributed by atoms with Gasteiger partial charge in [-0.05, 0) is 56.1 Å². The topological polar surface area (TPSA) is 48.5 Å². The summed E-state index contributed by atoms with van der Waals surface area (Å²) >= 11 is 0. The summed E-state index contributed by atoms with van der Waals surface area (Å²) < 4.78 is 4.39. The van der Waals surface area contributed by atoms with Gasteiger partial charge in [-0.15, -0.1) is 0 Å². The van der Waals surface area contributed by atoms with Gasteiger partial charge in [-0.25, -0.2) is 0 Å². The molecule has 0 aliphatic rings. The van der Waals surface area contributed by atoms with Gasteiger partial charge in [-0.1, -0.05) is 212 Å². The van der Waals surface area contributed by atoms with Gasteiger partial charge in [0, 0.05) is 27.1 Å². The first-order chi connectivity index (χ1) is 31.3. The minimum absolute atomic E-state index is 0.555. The van der Waals surface area contributed by atoms with Crippen LogP contribution in [0.3, 0.4) is 0 Å². The molecular formula is C57H39N5Si. The van der Waals surface area contributed by atoms with Crippen LogP contribution in [0.5, 0.6) is 0 Å². The SMILES string of the molecule is c1ccc([Si](c2ccccc2)(c2ccccc2)c2ccccc2-c2ccccc2-c2nc(-n3c4ccccc4c4ccccc43)nc(-n3c4ccccc4c4ccccc43)n2)cc1. The Kier molecular flexibility index (Phi) is 8.76. The molecule has 0 radical (unpaired) electrons. The van der Waals surface area contributed by atoms with E-state index in [4.69, 9.17) is 15.0 Å². The van der Waals surface area contributed by atoms with E-state index in [9.17, 15) is 0 Å². The molecule has 296 valence electrons. The van der Waals surface area contributed by atoms with E-state index in [-0.39, 0.29) is 0 Å². The molecule has 0 bridgehead atoms. The number of aromatic nitrogens is 5. The first kappa shape index (κ1) is 36.6. The van der Waals surface area contributed by atoms with Crippen molar-refractivity contribution >= 4 is 72.4 Å². The van der Waals surface area contributed by atoms with Crippen molar-refractivity contribution in [1.29, 1.82) is 0 Å². The predicted molar refractivity (Wildman–Crippen MR) is 263 cm³/mol. The van der Waals surface area contributed by atoms with Crippen molar-refractivity contribution in [3.63, 3.8) is 0 Å². The van der Waals surface area contributed by atoms with Crippen molar-refractivity contribution in [3.05, 3.63) is 237 Å². The lowest BCUT2D eigenvalue weighted by Crippen LogP contribution is -2.75. The third-order valence-electron chi connectivity index (χ3n) is 12.6. The number of fused-ring (bicyclic) bond motifs is 6. The second-order valence-electron chi connectivity index (χ2n) is 15.9. The number of hydrogen-bond donors (Lipinski definition) is 0. The maximum absolute atomic E-state index is 5.51. The fourth-order valence-corrected chi connectivity index (χ4v) is 14.9. The molecule has 0 aliphatic carbocycles. The van der Waals surface area contributed by atoms with Gasteiger partial charge in [0.2, 0.25) is 11.9 Å². The highest BCUT2D eigenvalue weighted by molar-refractivity contribution is 7.20. The van der Waals surface area contributed by atoms with Crippen LogP contribution < -0.4 is 20.7 Å². The molecule has 0 saturated heterocycles. The van der Waals surface area contributed by atoms with Crippen molar-refractivity contribution in [1.82, 2.24) is 24.1 Å². The minimum Gasteiger partial charge on any atom is -0.278 e. The normalized spacial score (nSPS) is 11.8. The van der Waals surface area contributed by atoms with Gasteiger partial charge in [0.1, 0.15) is 0 Å². The van der Waals surface area contributed by atoms with Crippen LogP contribution in [0.15, 0.2) is 237 Å². The highest BCUT2D eigenvalue weighted by Gasteiger charge is 2.43. The Morgan fingerprint density at radius 2 is 0.587 bits per heavy atom. The number of benzene rings is 9. The summed E-state index contributed by atoms with van der Waals surface area (Å²) in [5.41, 5.74) is 7.26. The Bertz CT molecular complexity index is 3300. The second kappa shape index (κ2) is 15.1. The molecule has 0 saturated carbocycles. The molecule has 12 rings (SSSR count). The van der Waals surface area contributed by atoms with Crippen molar-refractivity contribution in [3.8, 4) is 34.4 Å². The Balaban J connectivity index is 1.17. The molecule has 3 heterocycles. The summed E-state index contributed by atoms with van der Waals surface area (Å²) in [6.45, 7) is 0. The van der Waals surface area contributed by atoms with E-state index in [0.29, 0.717) is 17.7 Å². The average Bonchev–Trinajstić information content (AvgIpc) is 3.89. The fraction of sp³-hybridized carbons (Fsp3) is 0. The standard InChI is InChI=1S/C57H39N5Si/c1-4-22-40(23-5-1)63(41-24-6-2-7-25-41,42-26-8-3-9-27-42)54-39-21-16-33-48(54)43-28-10-11-34-49(43)55-58-56(61-50-35-17-12-29-44(50)45-30-13-18-36-51(45)61)60-57(59-55)62-52-37-19-14-31-46(52)47-32-15-20-38-53(47)62/h1-39H. The van der Waals surface area contributed by atoms with E-state index in [2.05, 4.69) is 246 Å². The zero-order chi connectivity index (χ0) is 41.7. The molecule has 3 aromatic heterocycles. The van der Waals surface area contributed by atoms with E-state index in [0.717, 1.165) is 60.3 Å². The number of nitrogens with zero attached hydrogens (tertiary/aromatic N) is 5. The molecule has 0 fully saturated rings. The van der Waals surface area contributed by atoms with Crippen LogP contribution in [0, 0.1) is 0 Å². The van der Waals surface area contributed by atoms with Gasteiger partial charge in [0.05, 0.1) is 22.1 Å². The van der Waals surface area contributed by atoms with Crippen LogP contribution >= 0.6 is 0 Å². The third-order valence-corrected chi connectivity index (χ3v) is 17.4. The number of hydrogen-bond acceptors (Lipinski definition) is 3. The molecule has 6 heteroatoms. The molecule has 0 unspecified atom stereocenters. The lowest BCUT2D eigenvalue weighted by atomic mass is 9.99. The van der Waals surface area contributed by atoms with Crippen LogP contribution in [0.4, 0.5) is 0 Å². The molecule has 9 aromatic carbocycles. The molecule has 63 heavy (non-hydrogen) atoms. The van der Waals surface area contributed by atoms with Crippen LogP contribution in [0.25, 0.3) is 78.0 Å². The van der Waals surface area contributed by atoms with Crippen molar-refractivity contribution in [2.45, 2.75) is 0 Å². The van der Waals surface area contributed by atoms with Gasteiger partial charge in [0.25, 0.3) is 0 Å². The molecule has 5 nitrogen and oxygen atoms in total. The lowest BCUT2D eigenvalue weighted by molar-refractivity contribution is 0.893. The van der Waals surface area contributed by atoms with Gasteiger partial charge in [-0.3, -0.25) is 9.13 Å². The zero-order valence-corrected chi connectivity index (χ0v) is 35.3. The monoisotopic (exact) mass is 821 g/mol. The lowest BCUT2D eigenvalue weighted by Gasteiger charge is -2.36. The van der Waals surface area contributed by atoms with Crippen molar-refractivity contribution in [2.75, 3.05) is 0 Å². The molecule has 0 N–H and O–H groups in total. The fourth-order valence-electron chi connectivity index (χ4n) is 9.94. The Morgan fingerprint density at radius 1 is 0.270 bits per heavy atom. The highest BCUT2D eigenvalue weighted by Crippen LogP contribution is 2.36. The summed E-state index contributed by atoms with van der Waals surface area (Å²) in [7, 11) is -2.94. The molecular weight excluding hydrogens is 783 g/mol. The van der Waals surface area contributed by atoms with E-state index in [1.54, 1.807) is 0 Å². The summed E-state index contributed by atoms with van der Waals surface area (Å²) in [6.07, 6.45) is 0. The maximum Gasteiger partial charge on any atom is 0.240 e. The van der Waals surface area contributed by atoms with E-state index < -0.39 is 8.07 Å². The largest absolute Gasteiger partial charge is 0.278 e. The average molecular weight is 822 g/mol. The van der Waals surface area contributed by atoms with E-state index in [1.165, 1.54) is 20.7 Å². The summed E-state index contributed by atoms with van der Waals surface area (Å²) in [5.74, 6) is 1.70. The quantitative estimate of drug-likeness (QED) is 0.113. The maximum atomic E-state index is 5.51. The second-order valence-corrected chi connectivity index (χ2v) is 19.7. The predicted octanol–water partition coefficient (Wildman–Crippen LogP) is 10.8. The zero-order valence-electron chi connectivity index (χ0n) is 34.3. The third kappa shape index (κ3) is 5.80. The first-order valence-electron chi connectivity index (χ1n) is 21.4. The molecule has 12 aromatic rings. The summed E-state index contributed by atoms with van der Waals surface area (Å²) in [4.78, 5) is 16.4. The number of rotatable bonds is 8. The smallest absolute Gasteiger partial charge is 0.240 e. The van der Waals surface area contributed by atoms with E-state index in [1.807, 2.05) is 0 Å². The van der Waals surface area contributed by atoms with Crippen LogP contribution in [0.2, 0.25) is 0 Å². The Morgan fingerprint density at radius 3 is 1.00 bits per heavy atom. The Labute approximate surface area is 365 Å². The van der Waals surface area contributed by atoms with Gasteiger partial charge < -0.3 is 0 Å².